The van der Waals surface area contributed by atoms with Crippen molar-refractivity contribution < 1.29 is 19.4 Å². The van der Waals surface area contributed by atoms with E-state index in [-0.39, 0.29) is 11.3 Å². The molecule has 1 N–H and O–H groups in total. The van der Waals surface area contributed by atoms with Gasteiger partial charge in [-0.2, -0.15) is 0 Å². The zero-order chi connectivity index (χ0) is 22.4. The van der Waals surface area contributed by atoms with Gasteiger partial charge in [0.15, 0.2) is 0 Å². The van der Waals surface area contributed by atoms with Gasteiger partial charge in [0.1, 0.15) is 17.6 Å². The second-order valence-electron chi connectivity index (χ2n) is 8.23. The zero-order valence-electron chi connectivity index (χ0n) is 17.9. The molecule has 3 heterocycles. The number of ether oxygens (including phenoxy) is 1. The number of nitrogens with zero attached hydrogens (tertiary/aromatic N) is 1. The second-order valence-corrected chi connectivity index (χ2v) is 9.21. The van der Waals surface area contributed by atoms with Gasteiger partial charge in [0, 0.05) is 16.1 Å². The van der Waals surface area contributed by atoms with E-state index >= 15 is 0 Å². The van der Waals surface area contributed by atoms with E-state index in [1.807, 2.05) is 61.7 Å². The lowest BCUT2D eigenvalue weighted by molar-refractivity contribution is -0.132. The fourth-order valence-corrected chi connectivity index (χ4v) is 5.18. The molecule has 0 bridgehead atoms. The Kier molecular flexibility index (Phi) is 5.10. The van der Waals surface area contributed by atoms with Gasteiger partial charge in [0.25, 0.3) is 11.7 Å². The van der Waals surface area contributed by atoms with Gasteiger partial charge in [-0.1, -0.05) is 12.1 Å². The van der Waals surface area contributed by atoms with E-state index in [1.165, 1.54) is 16.2 Å². The van der Waals surface area contributed by atoms with Gasteiger partial charge >= 0.3 is 0 Å². The van der Waals surface area contributed by atoms with Crippen LogP contribution in [0.2, 0.25) is 0 Å². The standard InChI is InChI=1S/C26H23NO4S/c1-15-7-9-19(13-16(15)2)27-23(21-6-4-12-32-21)22(25(29)26(27)30)24(28)18-8-10-20-17(14-18)5-3-11-31-20/h4,6-10,12-14,23,28H,3,5,11H2,1-2H3/b24-22-. The molecule has 32 heavy (non-hydrogen) atoms. The molecule has 1 saturated heterocycles. The van der Waals surface area contributed by atoms with Crippen LogP contribution in [0, 0.1) is 13.8 Å². The number of carbonyl (C=O) groups is 2. The molecule has 2 aliphatic rings. The number of aliphatic hydroxyl groups is 1. The predicted octanol–water partition coefficient (Wildman–Crippen LogP) is 5.32. The van der Waals surface area contributed by atoms with E-state index < -0.39 is 17.7 Å². The fourth-order valence-electron chi connectivity index (χ4n) is 4.35. The van der Waals surface area contributed by atoms with Crippen LogP contribution in [0.4, 0.5) is 5.69 Å². The molecule has 162 valence electrons. The van der Waals surface area contributed by atoms with Crippen LogP contribution < -0.4 is 9.64 Å². The number of aliphatic hydroxyl groups excluding tert-OH is 1. The highest BCUT2D eigenvalue weighted by atomic mass is 32.1. The second kappa shape index (κ2) is 7.95. The maximum absolute atomic E-state index is 13.2. The molecule has 0 aliphatic carbocycles. The molecule has 6 heteroatoms. The summed E-state index contributed by atoms with van der Waals surface area (Å²) >= 11 is 1.46. The van der Waals surface area contributed by atoms with Crippen molar-refractivity contribution in [3.8, 4) is 5.75 Å². The van der Waals surface area contributed by atoms with Crippen molar-refractivity contribution in [2.45, 2.75) is 32.7 Å². The molecule has 1 fully saturated rings. The monoisotopic (exact) mass is 445 g/mol. The van der Waals surface area contributed by atoms with Crippen LogP contribution in [0.3, 0.4) is 0 Å². The molecule has 5 rings (SSSR count). The number of amides is 1. The Labute approximate surface area is 190 Å². The maximum atomic E-state index is 13.2. The number of hydrogen-bond acceptors (Lipinski definition) is 5. The summed E-state index contributed by atoms with van der Waals surface area (Å²) in [4.78, 5) is 28.8. The van der Waals surface area contributed by atoms with Crippen molar-refractivity contribution >= 4 is 34.5 Å². The largest absolute Gasteiger partial charge is 0.507 e. The van der Waals surface area contributed by atoms with Gasteiger partial charge in [-0.3, -0.25) is 14.5 Å². The number of fused-ring (bicyclic) bond motifs is 1. The maximum Gasteiger partial charge on any atom is 0.300 e. The van der Waals surface area contributed by atoms with E-state index in [9.17, 15) is 14.7 Å². The van der Waals surface area contributed by atoms with Crippen molar-refractivity contribution in [3.05, 3.63) is 86.6 Å². The SMILES string of the molecule is Cc1ccc(N2C(=O)C(=O)/C(=C(\O)c3ccc4c(c3)CCCO4)C2c2cccs2)cc1C. The van der Waals surface area contributed by atoms with E-state index in [0.29, 0.717) is 17.9 Å². The van der Waals surface area contributed by atoms with E-state index in [1.54, 1.807) is 6.07 Å². The fraction of sp³-hybridized carbons (Fsp3) is 0.231. The number of aryl methyl sites for hydroxylation is 3. The minimum absolute atomic E-state index is 0.118. The third-order valence-electron chi connectivity index (χ3n) is 6.21. The molecule has 5 nitrogen and oxygen atoms in total. The van der Waals surface area contributed by atoms with Crippen molar-refractivity contribution in [2.24, 2.45) is 0 Å². The molecule has 0 spiro atoms. The van der Waals surface area contributed by atoms with Crippen LogP contribution in [-0.4, -0.2) is 23.4 Å². The Hall–Kier alpha value is -3.38. The van der Waals surface area contributed by atoms with Crippen LogP contribution >= 0.6 is 11.3 Å². The van der Waals surface area contributed by atoms with Crippen LogP contribution in [-0.2, 0) is 16.0 Å². The highest BCUT2D eigenvalue weighted by molar-refractivity contribution is 7.10. The number of ketones is 1. The van der Waals surface area contributed by atoms with Gasteiger partial charge in [-0.05, 0) is 85.2 Å². The number of thiophene rings is 1. The number of anilines is 1. The highest BCUT2D eigenvalue weighted by Gasteiger charge is 2.47. The first-order chi connectivity index (χ1) is 15.5. The Bertz CT molecular complexity index is 1260. The highest BCUT2D eigenvalue weighted by Crippen LogP contribution is 2.44. The summed E-state index contributed by atoms with van der Waals surface area (Å²) in [6.45, 7) is 4.66. The molecule has 2 aliphatic heterocycles. The first-order valence-electron chi connectivity index (χ1n) is 10.6. The van der Waals surface area contributed by atoms with E-state index in [2.05, 4.69) is 0 Å². The average Bonchev–Trinajstić information content (AvgIpc) is 3.42. The molecule has 1 amide bonds. The first kappa shape index (κ1) is 20.5. The molecule has 0 saturated carbocycles. The van der Waals surface area contributed by atoms with Crippen molar-refractivity contribution in [3.63, 3.8) is 0 Å². The van der Waals surface area contributed by atoms with Gasteiger partial charge in [-0.25, -0.2) is 0 Å². The van der Waals surface area contributed by atoms with Crippen LogP contribution in [0.15, 0.2) is 59.5 Å². The molecule has 0 radical (unpaired) electrons. The topological polar surface area (TPSA) is 66.8 Å². The molecular weight excluding hydrogens is 422 g/mol. The minimum atomic E-state index is -0.676. The van der Waals surface area contributed by atoms with Crippen molar-refractivity contribution in [1.82, 2.24) is 0 Å². The van der Waals surface area contributed by atoms with Crippen LogP contribution in [0.25, 0.3) is 5.76 Å². The molecule has 3 aromatic rings. The van der Waals surface area contributed by atoms with Crippen LogP contribution in [0.1, 0.15) is 39.6 Å². The number of hydrogen-bond donors (Lipinski definition) is 1. The molecule has 1 aromatic heterocycles. The van der Waals surface area contributed by atoms with Crippen molar-refractivity contribution in [1.29, 1.82) is 0 Å². The summed E-state index contributed by atoms with van der Waals surface area (Å²) in [6.07, 6.45) is 1.76. The summed E-state index contributed by atoms with van der Waals surface area (Å²) in [6, 6.07) is 14.2. The third-order valence-corrected chi connectivity index (χ3v) is 7.13. The normalized spacial score (nSPS) is 19.7. The Morgan fingerprint density at radius 2 is 1.94 bits per heavy atom. The first-order valence-corrected chi connectivity index (χ1v) is 11.5. The van der Waals surface area contributed by atoms with E-state index in [0.717, 1.165) is 40.2 Å². The van der Waals surface area contributed by atoms with Gasteiger partial charge in [0.2, 0.25) is 0 Å². The van der Waals surface area contributed by atoms with E-state index in [4.69, 9.17) is 4.74 Å². The van der Waals surface area contributed by atoms with Crippen molar-refractivity contribution in [2.75, 3.05) is 11.5 Å². The number of carbonyl (C=O) groups excluding carboxylic acids is 2. The minimum Gasteiger partial charge on any atom is -0.507 e. The zero-order valence-corrected chi connectivity index (χ0v) is 18.7. The lowest BCUT2D eigenvalue weighted by atomic mass is 9.97. The van der Waals surface area contributed by atoms with Gasteiger partial charge in [-0.15, -0.1) is 11.3 Å². The van der Waals surface area contributed by atoms with Gasteiger partial charge < -0.3 is 9.84 Å². The average molecular weight is 446 g/mol. The number of benzene rings is 2. The third kappa shape index (κ3) is 3.31. The molecule has 1 unspecified atom stereocenters. The molecule has 1 atom stereocenters. The molecule has 2 aromatic carbocycles. The summed E-state index contributed by atoms with van der Waals surface area (Å²) in [5, 5.41) is 13.2. The van der Waals surface area contributed by atoms with Crippen LogP contribution in [0.5, 0.6) is 5.75 Å². The predicted molar refractivity (Wildman–Crippen MR) is 125 cm³/mol. The lowest BCUT2D eigenvalue weighted by Gasteiger charge is -2.25. The summed E-state index contributed by atoms with van der Waals surface area (Å²) in [5.41, 5.74) is 4.42. The Morgan fingerprint density at radius 3 is 2.69 bits per heavy atom. The lowest BCUT2D eigenvalue weighted by Crippen LogP contribution is -2.29. The Balaban J connectivity index is 1.67. The summed E-state index contributed by atoms with van der Waals surface area (Å²) < 4.78 is 5.67. The Morgan fingerprint density at radius 1 is 1.09 bits per heavy atom. The quantitative estimate of drug-likeness (QED) is 0.337. The molecular formula is C26H23NO4S. The smallest absolute Gasteiger partial charge is 0.300 e. The number of rotatable bonds is 3. The number of Topliss-reactive ketones (excluding diaryl/α,β-unsaturated/α-hetero) is 1. The summed E-state index contributed by atoms with van der Waals surface area (Å²) in [7, 11) is 0. The summed E-state index contributed by atoms with van der Waals surface area (Å²) in [5.74, 6) is -0.651. The van der Waals surface area contributed by atoms with Gasteiger partial charge in [0.05, 0.1) is 12.2 Å².